The van der Waals surface area contributed by atoms with E-state index >= 15 is 0 Å². The van der Waals surface area contributed by atoms with Crippen LogP contribution in [0.3, 0.4) is 0 Å². The van der Waals surface area contributed by atoms with Crippen molar-refractivity contribution in [2.24, 2.45) is 0 Å². The van der Waals surface area contributed by atoms with Gasteiger partial charge < -0.3 is 0 Å². The fourth-order valence-electron chi connectivity index (χ4n) is 2.15. The Bertz CT molecular complexity index is 751. The Morgan fingerprint density at radius 2 is 2.10 bits per heavy atom. The van der Waals surface area contributed by atoms with Gasteiger partial charge in [0.2, 0.25) is 10.0 Å². The van der Waals surface area contributed by atoms with Crippen LogP contribution in [0.4, 0.5) is 5.69 Å². The van der Waals surface area contributed by atoms with E-state index in [-0.39, 0.29) is 15.5 Å². The minimum absolute atomic E-state index is 0.130. The molecule has 0 bridgehead atoms. The van der Waals surface area contributed by atoms with Gasteiger partial charge in [-0.15, -0.1) is 0 Å². The highest BCUT2D eigenvalue weighted by molar-refractivity contribution is 7.89. The van der Waals surface area contributed by atoms with Crippen LogP contribution < -0.4 is 4.72 Å². The second-order valence-electron chi connectivity index (χ2n) is 4.98. The lowest BCUT2D eigenvalue weighted by Crippen LogP contribution is -2.52. The summed E-state index contributed by atoms with van der Waals surface area (Å²) in [5.41, 5.74) is -1.31. The van der Waals surface area contributed by atoms with E-state index < -0.39 is 26.2 Å². The number of nitrogens with zero attached hydrogens (tertiary/aromatic N) is 2. The zero-order valence-electron chi connectivity index (χ0n) is 11.1. The second-order valence-corrected chi connectivity index (χ2v) is 7.04. The van der Waals surface area contributed by atoms with Crippen LogP contribution in [0.1, 0.15) is 24.8 Å². The molecule has 0 atom stereocenters. The fraction of sp³-hybridized carbons (Fsp3) is 0.417. The van der Waals surface area contributed by atoms with E-state index in [1.807, 2.05) is 6.07 Å². The smallest absolute Gasteiger partial charge is 0.258 e. The van der Waals surface area contributed by atoms with Crippen LogP contribution in [0.5, 0.6) is 0 Å². The van der Waals surface area contributed by atoms with Crippen LogP contribution in [-0.4, -0.2) is 18.9 Å². The average Bonchev–Trinajstić information content (AvgIpc) is 2.33. The molecule has 21 heavy (non-hydrogen) atoms. The summed E-state index contributed by atoms with van der Waals surface area (Å²) in [7, 11) is -4.03. The second kappa shape index (κ2) is 5.26. The predicted molar refractivity (Wildman–Crippen MR) is 75.4 cm³/mol. The summed E-state index contributed by atoms with van der Waals surface area (Å²) in [5.74, 6) is 0. The Morgan fingerprint density at radius 1 is 1.48 bits per heavy atom. The number of nitrogens with one attached hydrogen (secondary N) is 1. The highest BCUT2D eigenvalue weighted by Gasteiger charge is 2.41. The first kappa shape index (κ1) is 15.7. The average molecular weight is 330 g/mol. The maximum atomic E-state index is 12.4. The van der Waals surface area contributed by atoms with Crippen molar-refractivity contribution in [1.29, 1.82) is 5.26 Å². The van der Waals surface area contributed by atoms with Gasteiger partial charge in [-0.3, -0.25) is 10.1 Å². The number of hydrogen-bond acceptors (Lipinski definition) is 5. The molecule has 1 aromatic rings. The number of nitro benzene ring substituents is 1. The third kappa shape index (κ3) is 2.85. The molecule has 0 aliphatic heterocycles. The van der Waals surface area contributed by atoms with Gasteiger partial charge in [0.1, 0.15) is 10.6 Å². The van der Waals surface area contributed by atoms with Crippen molar-refractivity contribution in [3.63, 3.8) is 0 Å². The number of benzene rings is 1. The summed E-state index contributed by atoms with van der Waals surface area (Å²) in [6.45, 7) is 1.49. The minimum Gasteiger partial charge on any atom is -0.258 e. The highest BCUT2D eigenvalue weighted by atomic mass is 35.5. The van der Waals surface area contributed by atoms with E-state index in [4.69, 9.17) is 16.9 Å². The molecule has 9 heteroatoms. The molecule has 0 spiro atoms. The number of halogens is 1. The fourth-order valence-corrected chi connectivity index (χ4v) is 4.06. The monoisotopic (exact) mass is 329 g/mol. The summed E-state index contributed by atoms with van der Waals surface area (Å²) in [6.07, 6.45) is 1.62. The van der Waals surface area contributed by atoms with Crippen molar-refractivity contribution < 1.29 is 13.3 Å². The lowest BCUT2D eigenvalue weighted by atomic mass is 9.79. The Balaban J connectivity index is 2.48. The molecule has 1 fully saturated rings. The van der Waals surface area contributed by atoms with Crippen LogP contribution in [0.25, 0.3) is 0 Å². The zero-order chi connectivity index (χ0) is 15.8. The Labute approximate surface area is 126 Å². The van der Waals surface area contributed by atoms with Gasteiger partial charge >= 0.3 is 0 Å². The van der Waals surface area contributed by atoms with E-state index in [0.29, 0.717) is 12.8 Å². The third-order valence-electron chi connectivity index (χ3n) is 3.48. The van der Waals surface area contributed by atoms with Crippen molar-refractivity contribution in [1.82, 2.24) is 4.72 Å². The molecule has 0 amide bonds. The number of sulfonamides is 1. The molecule has 0 saturated heterocycles. The Morgan fingerprint density at radius 3 is 2.52 bits per heavy atom. The van der Waals surface area contributed by atoms with Gasteiger partial charge in [-0.1, -0.05) is 11.6 Å². The van der Waals surface area contributed by atoms with Crippen LogP contribution >= 0.6 is 11.6 Å². The molecule has 2 rings (SSSR count). The van der Waals surface area contributed by atoms with Gasteiger partial charge in [0.15, 0.2) is 0 Å². The van der Waals surface area contributed by atoms with Gasteiger partial charge in [-0.25, -0.2) is 8.42 Å². The lowest BCUT2D eigenvalue weighted by molar-refractivity contribution is -0.384. The molecule has 1 aliphatic carbocycles. The third-order valence-corrected chi connectivity index (χ3v) is 5.46. The molecule has 1 aliphatic rings. The molecular weight excluding hydrogens is 318 g/mol. The van der Waals surface area contributed by atoms with E-state index in [1.54, 1.807) is 0 Å². The normalized spacial score (nSPS) is 16.8. The van der Waals surface area contributed by atoms with E-state index in [9.17, 15) is 18.5 Å². The van der Waals surface area contributed by atoms with Gasteiger partial charge in [0.25, 0.3) is 5.69 Å². The van der Waals surface area contributed by atoms with Gasteiger partial charge in [0.05, 0.1) is 15.9 Å². The summed E-state index contributed by atoms with van der Waals surface area (Å²) in [4.78, 5) is 9.89. The van der Waals surface area contributed by atoms with Crippen molar-refractivity contribution in [3.8, 4) is 6.07 Å². The summed E-state index contributed by atoms with van der Waals surface area (Å²) >= 11 is 5.74. The SMILES string of the molecule is Cc1cc(Cl)c([N+](=O)[O-])cc1S(=O)(=O)NC1(C#N)CCC1. The lowest BCUT2D eigenvalue weighted by Gasteiger charge is -2.35. The van der Waals surface area contributed by atoms with Crippen molar-refractivity contribution >= 4 is 27.3 Å². The minimum atomic E-state index is -4.03. The van der Waals surface area contributed by atoms with Crippen molar-refractivity contribution in [2.45, 2.75) is 36.6 Å². The molecule has 7 nitrogen and oxygen atoms in total. The molecule has 1 N–H and O–H groups in total. The Hall–Kier alpha value is -1.69. The van der Waals surface area contributed by atoms with E-state index in [1.165, 1.54) is 13.0 Å². The van der Waals surface area contributed by atoms with Crippen molar-refractivity contribution in [3.05, 3.63) is 32.8 Å². The standard InChI is InChI=1S/C12H12ClN3O4S/c1-8-5-9(13)10(16(17)18)6-11(8)21(19,20)15-12(7-14)3-2-4-12/h5-6,15H,2-4H2,1H3. The largest absolute Gasteiger partial charge is 0.289 e. The molecule has 0 radical (unpaired) electrons. The van der Waals surface area contributed by atoms with Crippen LogP contribution in [-0.2, 0) is 10.0 Å². The van der Waals surface area contributed by atoms with E-state index in [2.05, 4.69) is 4.72 Å². The Kier molecular flexibility index (Phi) is 3.93. The summed E-state index contributed by atoms with van der Waals surface area (Å²) < 4.78 is 27.1. The predicted octanol–water partition coefficient (Wildman–Crippen LogP) is 2.28. The number of nitro groups is 1. The number of rotatable bonds is 4. The van der Waals surface area contributed by atoms with Gasteiger partial charge in [-0.05, 0) is 37.8 Å². The molecular formula is C12H12ClN3O4S. The number of hydrogen-bond donors (Lipinski definition) is 1. The van der Waals surface area contributed by atoms with Gasteiger partial charge in [-0.2, -0.15) is 9.98 Å². The molecule has 0 unspecified atom stereocenters. The number of nitriles is 1. The molecule has 1 saturated carbocycles. The van der Waals surface area contributed by atoms with Crippen molar-refractivity contribution in [2.75, 3.05) is 0 Å². The van der Waals surface area contributed by atoms with E-state index in [0.717, 1.165) is 12.5 Å². The maximum absolute atomic E-state index is 12.4. The quantitative estimate of drug-likeness (QED) is 0.672. The molecule has 0 heterocycles. The maximum Gasteiger partial charge on any atom is 0.289 e. The summed E-state index contributed by atoms with van der Waals surface area (Å²) in [6, 6.07) is 4.11. The number of aryl methyl sites for hydroxylation is 1. The first-order chi connectivity index (χ1) is 9.71. The molecule has 0 aromatic heterocycles. The van der Waals surface area contributed by atoms with Crippen LogP contribution in [0.2, 0.25) is 5.02 Å². The van der Waals surface area contributed by atoms with Gasteiger partial charge in [0, 0.05) is 6.07 Å². The molecule has 112 valence electrons. The van der Waals surface area contributed by atoms with Crippen LogP contribution in [0.15, 0.2) is 17.0 Å². The topological polar surface area (TPSA) is 113 Å². The highest BCUT2D eigenvalue weighted by Crippen LogP contribution is 2.35. The summed E-state index contributed by atoms with van der Waals surface area (Å²) in [5, 5.41) is 19.8. The first-order valence-corrected chi connectivity index (χ1v) is 7.97. The van der Waals surface area contributed by atoms with Crippen LogP contribution in [0, 0.1) is 28.4 Å². The zero-order valence-corrected chi connectivity index (χ0v) is 12.7. The first-order valence-electron chi connectivity index (χ1n) is 6.10. The molecule has 1 aromatic carbocycles.